The number of nitrogens with zero attached hydrogens (tertiary/aromatic N) is 3. The molecule has 0 radical (unpaired) electrons. The van der Waals surface area contributed by atoms with E-state index in [1.807, 2.05) is 12.1 Å². The van der Waals surface area contributed by atoms with Crippen LogP contribution in [0.2, 0.25) is 0 Å². The molecule has 1 aromatic carbocycles. The molecule has 4 rings (SSSR count). The predicted octanol–water partition coefficient (Wildman–Crippen LogP) is 4.77. The minimum atomic E-state index is -0.213. The summed E-state index contributed by atoms with van der Waals surface area (Å²) in [5.41, 5.74) is 1.94. The van der Waals surface area contributed by atoms with Crippen LogP contribution in [-0.2, 0) is 0 Å². The number of carbonyl (C=O) groups is 1. The van der Waals surface area contributed by atoms with Gasteiger partial charge in [-0.3, -0.25) is 9.79 Å². The number of amidine groups is 1. The number of rotatable bonds is 8. The molecule has 1 saturated carbocycles. The maximum Gasteiger partial charge on any atom is 0.289 e. The van der Waals surface area contributed by atoms with Crippen LogP contribution in [0.5, 0.6) is 0 Å². The van der Waals surface area contributed by atoms with E-state index in [0.717, 1.165) is 72.5 Å². The number of thioether (sulfide) groups is 1. The highest BCUT2D eigenvalue weighted by molar-refractivity contribution is 7.98. The average molecular weight is 528 g/mol. The van der Waals surface area contributed by atoms with Gasteiger partial charge >= 0.3 is 0 Å². The molecule has 1 aliphatic heterocycles. The molecule has 2 atom stereocenters. The van der Waals surface area contributed by atoms with Gasteiger partial charge in [0.1, 0.15) is 5.82 Å². The van der Waals surface area contributed by atoms with E-state index in [9.17, 15) is 4.79 Å². The van der Waals surface area contributed by atoms with Gasteiger partial charge in [-0.1, -0.05) is 24.5 Å². The third-order valence-electron chi connectivity index (χ3n) is 6.18. The Morgan fingerprint density at radius 1 is 1.09 bits per heavy atom. The Balaban J connectivity index is 0.00000204. The zero-order valence-electron chi connectivity index (χ0n) is 19.9. The third-order valence-corrected chi connectivity index (χ3v) is 6.88. The molecule has 10 heteroatoms. The number of aryl methyl sites for hydroxylation is 1. The highest BCUT2D eigenvalue weighted by Gasteiger charge is 2.28. The van der Waals surface area contributed by atoms with Crippen LogP contribution in [0.25, 0.3) is 10.9 Å². The maximum atomic E-state index is 12.8. The van der Waals surface area contributed by atoms with Crippen LogP contribution in [0.1, 0.15) is 61.1 Å². The van der Waals surface area contributed by atoms with E-state index < -0.39 is 0 Å². The topological polar surface area (TPSA) is 91.3 Å². The monoisotopic (exact) mass is 526 g/mol. The van der Waals surface area contributed by atoms with Crippen molar-refractivity contribution in [1.29, 1.82) is 0 Å². The van der Waals surface area contributed by atoms with Crippen molar-refractivity contribution < 1.29 is 4.79 Å². The lowest BCUT2D eigenvalue weighted by molar-refractivity contribution is 0.0944. The molecule has 1 fully saturated rings. The number of hydrogen-bond donors (Lipinski definition) is 3. The van der Waals surface area contributed by atoms with Crippen molar-refractivity contribution in [3.05, 3.63) is 29.6 Å². The summed E-state index contributed by atoms with van der Waals surface area (Å²) < 4.78 is 0. The number of aromatic nitrogens is 2. The van der Waals surface area contributed by atoms with Crippen molar-refractivity contribution >= 4 is 65.0 Å². The zero-order chi connectivity index (χ0) is 22.3. The predicted molar refractivity (Wildman–Crippen MR) is 148 cm³/mol. The Morgan fingerprint density at radius 2 is 1.85 bits per heavy atom. The average Bonchev–Trinajstić information content (AvgIpc) is 3.31. The summed E-state index contributed by atoms with van der Waals surface area (Å²) in [6, 6.07) is 6.67. The molecule has 1 amide bonds. The van der Waals surface area contributed by atoms with Crippen LogP contribution in [0, 0.1) is 6.92 Å². The van der Waals surface area contributed by atoms with E-state index >= 15 is 0 Å². The van der Waals surface area contributed by atoms with Crippen molar-refractivity contribution in [2.75, 3.05) is 30.4 Å². The van der Waals surface area contributed by atoms with E-state index in [1.165, 1.54) is 12.8 Å². The van der Waals surface area contributed by atoms with Gasteiger partial charge in [-0.25, -0.2) is 9.97 Å². The van der Waals surface area contributed by atoms with Crippen molar-refractivity contribution in [3.8, 4) is 0 Å². The summed E-state index contributed by atoms with van der Waals surface area (Å²) >= 11 is 1.78. The molecule has 7 nitrogen and oxygen atoms in total. The van der Waals surface area contributed by atoms with Crippen LogP contribution >= 0.6 is 36.6 Å². The fourth-order valence-corrected chi connectivity index (χ4v) is 4.91. The highest BCUT2D eigenvalue weighted by atomic mass is 35.5. The van der Waals surface area contributed by atoms with E-state index in [1.54, 1.807) is 11.8 Å². The van der Waals surface area contributed by atoms with E-state index in [2.05, 4.69) is 45.2 Å². The first kappa shape index (κ1) is 28.5. The number of carbonyl (C=O) groups excluding carboxylic acids is 1. The van der Waals surface area contributed by atoms with Gasteiger partial charge in [0.25, 0.3) is 5.91 Å². The lowest BCUT2D eigenvalue weighted by Gasteiger charge is -2.34. The Bertz CT molecular complexity index is 989. The molecule has 0 bridgehead atoms. The molecule has 3 N–H and O–H groups in total. The van der Waals surface area contributed by atoms with Gasteiger partial charge in [-0.15, -0.1) is 24.8 Å². The third kappa shape index (κ3) is 7.36. The number of nitrogens with one attached hydrogen (secondary N) is 3. The normalized spacial score (nSPS) is 19.5. The molecule has 0 spiro atoms. The summed E-state index contributed by atoms with van der Waals surface area (Å²) in [6.45, 7) is 3.63. The molecule has 2 aromatic rings. The molecule has 2 aliphatic rings. The minimum absolute atomic E-state index is 0. The van der Waals surface area contributed by atoms with E-state index in [0.29, 0.717) is 12.6 Å². The van der Waals surface area contributed by atoms with Crippen LogP contribution in [0.15, 0.2) is 23.2 Å². The second-order valence-electron chi connectivity index (χ2n) is 8.74. The molecule has 188 valence electrons. The standard InChI is InChI=1S/C24H34N6OS.2ClH/c1-16-10-11-18-17(15-16)22(30-23(28-18)24(31)26-13-6-14-32-2)29-20-8-4-3-7-19(20)27-21-9-5-12-25-21;;/h10-11,15,19-20H,3-9,12-14H2,1-2H3,(H,25,27)(H,26,31)(H,28,29,30);2*1H/t19-,20+;;/m1../s1. The smallest absolute Gasteiger partial charge is 0.289 e. The van der Waals surface area contributed by atoms with Crippen LogP contribution in [0.3, 0.4) is 0 Å². The fourth-order valence-electron chi connectivity index (χ4n) is 4.47. The quantitative estimate of drug-likeness (QED) is 0.429. The van der Waals surface area contributed by atoms with Crippen molar-refractivity contribution in [2.45, 2.75) is 64.0 Å². The molecule has 2 heterocycles. The minimum Gasteiger partial charge on any atom is -0.369 e. The largest absolute Gasteiger partial charge is 0.369 e. The number of benzene rings is 1. The van der Waals surface area contributed by atoms with Gasteiger partial charge in [0.2, 0.25) is 5.82 Å². The summed E-state index contributed by atoms with van der Waals surface area (Å²) in [4.78, 5) is 26.6. The van der Waals surface area contributed by atoms with Crippen LogP contribution in [0.4, 0.5) is 5.82 Å². The molecule has 34 heavy (non-hydrogen) atoms. The number of anilines is 1. The van der Waals surface area contributed by atoms with Gasteiger partial charge in [0, 0.05) is 37.0 Å². The molecule has 1 aliphatic carbocycles. The Labute approximate surface area is 219 Å². The second kappa shape index (κ2) is 14.0. The number of aliphatic imine (C=N–C) groups is 1. The Morgan fingerprint density at radius 3 is 2.56 bits per heavy atom. The number of amides is 1. The number of hydrogen-bond acceptors (Lipinski definition) is 7. The van der Waals surface area contributed by atoms with Gasteiger partial charge < -0.3 is 16.0 Å². The summed E-state index contributed by atoms with van der Waals surface area (Å²) in [5.74, 6) is 2.92. The Kier molecular flexibility index (Phi) is 11.7. The Hall–Kier alpha value is -1.77. The van der Waals surface area contributed by atoms with E-state index in [4.69, 9.17) is 4.98 Å². The van der Waals surface area contributed by atoms with Gasteiger partial charge in [-0.2, -0.15) is 11.8 Å². The first-order valence-electron chi connectivity index (χ1n) is 11.8. The molecule has 1 aromatic heterocycles. The van der Waals surface area contributed by atoms with Crippen molar-refractivity contribution in [1.82, 2.24) is 20.6 Å². The summed E-state index contributed by atoms with van der Waals surface area (Å²) in [6.07, 6.45) is 9.77. The van der Waals surface area contributed by atoms with Crippen LogP contribution in [-0.4, -0.2) is 58.9 Å². The first-order valence-corrected chi connectivity index (χ1v) is 13.2. The fraction of sp³-hybridized carbons (Fsp3) is 0.583. The van der Waals surface area contributed by atoms with E-state index in [-0.39, 0.29) is 42.6 Å². The number of fused-ring (bicyclic) bond motifs is 1. The maximum absolute atomic E-state index is 12.8. The van der Waals surface area contributed by atoms with Gasteiger partial charge in [0.15, 0.2) is 0 Å². The zero-order valence-corrected chi connectivity index (χ0v) is 22.4. The molecule has 0 saturated heterocycles. The summed E-state index contributed by atoms with van der Waals surface area (Å²) in [5, 5.41) is 11.3. The highest BCUT2D eigenvalue weighted by Crippen LogP contribution is 2.27. The molecular weight excluding hydrogens is 491 g/mol. The first-order chi connectivity index (χ1) is 15.6. The SMILES string of the molecule is CSCCCNC(=O)c1nc(N[C@H]2CCCC[C@H]2NC2=NCCC2)c2cc(C)ccc2n1.Cl.Cl. The van der Waals surface area contributed by atoms with Crippen molar-refractivity contribution in [2.24, 2.45) is 4.99 Å². The van der Waals surface area contributed by atoms with Crippen molar-refractivity contribution in [3.63, 3.8) is 0 Å². The lowest BCUT2D eigenvalue weighted by Crippen LogP contribution is -2.48. The van der Waals surface area contributed by atoms with Gasteiger partial charge in [0.05, 0.1) is 11.4 Å². The summed E-state index contributed by atoms with van der Waals surface area (Å²) in [7, 11) is 0. The second-order valence-corrected chi connectivity index (χ2v) is 9.72. The van der Waals surface area contributed by atoms with Gasteiger partial charge in [-0.05, 0) is 56.7 Å². The molecule has 0 unspecified atom stereocenters. The molecular formula is C24H36Cl2N6OS. The van der Waals surface area contributed by atoms with Crippen LogP contribution < -0.4 is 16.0 Å². The number of halogens is 2. The lowest BCUT2D eigenvalue weighted by atomic mass is 9.90.